The fourth-order valence-corrected chi connectivity index (χ4v) is 1.46. The van der Waals surface area contributed by atoms with Gasteiger partial charge in [-0.15, -0.1) is 0 Å². The van der Waals surface area contributed by atoms with Crippen LogP contribution >= 0.6 is 0 Å². The first-order valence-corrected chi connectivity index (χ1v) is 5.82. The van der Waals surface area contributed by atoms with E-state index in [4.69, 9.17) is 5.11 Å². The summed E-state index contributed by atoms with van der Waals surface area (Å²) in [6, 6.07) is 1.37. The fraction of sp³-hybridized carbons (Fsp3) is 0.583. The minimum Gasteiger partial charge on any atom is -0.477 e. The average molecular weight is 238 g/mol. The molecule has 0 atom stereocenters. The molecule has 1 rings (SSSR count). The summed E-state index contributed by atoms with van der Waals surface area (Å²) in [5.41, 5.74) is -0.0757. The lowest BCUT2D eigenvalue weighted by atomic mass is 10.1. The van der Waals surface area contributed by atoms with E-state index in [-0.39, 0.29) is 11.5 Å². The molecule has 0 spiro atoms. The van der Waals surface area contributed by atoms with Crippen molar-refractivity contribution < 1.29 is 9.90 Å². The number of hydrogen-bond donors (Lipinski definition) is 1. The van der Waals surface area contributed by atoms with Crippen molar-refractivity contribution >= 4 is 5.97 Å². The molecule has 0 aromatic carbocycles. The van der Waals surface area contributed by atoms with E-state index in [9.17, 15) is 9.59 Å². The van der Waals surface area contributed by atoms with E-state index in [1.807, 2.05) is 20.8 Å². The summed E-state index contributed by atoms with van der Waals surface area (Å²) in [6.45, 7) is 6.32. The van der Waals surface area contributed by atoms with Gasteiger partial charge < -0.3 is 5.11 Å². The van der Waals surface area contributed by atoms with E-state index >= 15 is 0 Å². The van der Waals surface area contributed by atoms with E-state index < -0.39 is 11.5 Å². The molecule has 0 amide bonds. The summed E-state index contributed by atoms with van der Waals surface area (Å²) >= 11 is 0. The number of carboxylic acids is 1. The summed E-state index contributed by atoms with van der Waals surface area (Å²) in [4.78, 5) is 22.8. The van der Waals surface area contributed by atoms with Crippen LogP contribution in [0.4, 0.5) is 0 Å². The first-order valence-electron chi connectivity index (χ1n) is 5.82. The molecule has 17 heavy (non-hydrogen) atoms. The van der Waals surface area contributed by atoms with Crippen LogP contribution in [0.2, 0.25) is 0 Å². The molecule has 1 heterocycles. The molecular formula is C12H18N2O3. The van der Waals surface area contributed by atoms with E-state index in [0.29, 0.717) is 12.2 Å². The quantitative estimate of drug-likeness (QED) is 0.849. The summed E-state index contributed by atoms with van der Waals surface area (Å²) in [7, 11) is 0. The normalized spacial score (nSPS) is 10.8. The maximum Gasteiger partial charge on any atom is 0.341 e. The first-order chi connectivity index (χ1) is 7.97. The molecule has 5 heteroatoms. The molecule has 0 aliphatic carbocycles. The minimum atomic E-state index is -1.19. The van der Waals surface area contributed by atoms with Crippen molar-refractivity contribution in [2.45, 2.75) is 46.1 Å². The Bertz CT molecular complexity index is 463. The van der Waals surface area contributed by atoms with Gasteiger partial charge in [0.25, 0.3) is 5.56 Å². The van der Waals surface area contributed by atoms with Crippen molar-refractivity contribution in [1.82, 2.24) is 9.78 Å². The summed E-state index contributed by atoms with van der Waals surface area (Å²) in [5, 5.41) is 13.2. The van der Waals surface area contributed by atoms with Crippen molar-refractivity contribution in [2.24, 2.45) is 0 Å². The van der Waals surface area contributed by atoms with Crippen molar-refractivity contribution in [3.63, 3.8) is 0 Å². The maximum absolute atomic E-state index is 11.8. The number of unbranched alkanes of at least 4 members (excludes halogenated alkanes) is 1. The van der Waals surface area contributed by atoms with Gasteiger partial charge in [-0.2, -0.15) is 5.10 Å². The molecule has 1 aromatic rings. The monoisotopic (exact) mass is 238 g/mol. The standard InChI is InChI=1S/C12H18N2O3/c1-4-5-6-14-11(15)9(12(16)17)7-10(13-14)8(2)3/h7-8H,4-6H2,1-3H3,(H,16,17). The Morgan fingerprint density at radius 2 is 2.18 bits per heavy atom. The molecule has 0 fully saturated rings. The highest BCUT2D eigenvalue weighted by atomic mass is 16.4. The highest BCUT2D eigenvalue weighted by Crippen LogP contribution is 2.10. The molecule has 0 aliphatic heterocycles. The Labute approximate surface area is 100 Å². The van der Waals surface area contributed by atoms with Crippen LogP contribution in [0, 0.1) is 0 Å². The molecule has 0 saturated carbocycles. The van der Waals surface area contributed by atoms with Crippen LogP contribution in [-0.2, 0) is 6.54 Å². The van der Waals surface area contributed by atoms with Crippen LogP contribution < -0.4 is 5.56 Å². The largest absolute Gasteiger partial charge is 0.477 e. The Morgan fingerprint density at radius 3 is 2.65 bits per heavy atom. The van der Waals surface area contributed by atoms with Crippen LogP contribution in [0.5, 0.6) is 0 Å². The lowest BCUT2D eigenvalue weighted by Crippen LogP contribution is -2.30. The zero-order chi connectivity index (χ0) is 13.0. The van der Waals surface area contributed by atoms with Gasteiger partial charge in [0.2, 0.25) is 0 Å². The second kappa shape index (κ2) is 5.61. The van der Waals surface area contributed by atoms with Gasteiger partial charge in [-0.05, 0) is 18.4 Å². The second-order valence-electron chi connectivity index (χ2n) is 4.32. The third-order valence-electron chi connectivity index (χ3n) is 2.54. The van der Waals surface area contributed by atoms with Crippen LogP contribution in [-0.4, -0.2) is 20.9 Å². The number of aromatic carboxylic acids is 1. The van der Waals surface area contributed by atoms with E-state index in [1.165, 1.54) is 10.7 Å². The molecule has 0 radical (unpaired) electrons. The average Bonchev–Trinajstić information content (AvgIpc) is 2.26. The predicted octanol–water partition coefficient (Wildman–Crippen LogP) is 1.86. The zero-order valence-corrected chi connectivity index (χ0v) is 10.4. The van der Waals surface area contributed by atoms with Gasteiger partial charge in [0.15, 0.2) is 0 Å². The summed E-state index contributed by atoms with van der Waals surface area (Å²) in [6.07, 6.45) is 1.75. The van der Waals surface area contributed by atoms with Gasteiger partial charge in [-0.3, -0.25) is 4.79 Å². The van der Waals surface area contributed by atoms with Crippen LogP contribution in [0.25, 0.3) is 0 Å². The smallest absolute Gasteiger partial charge is 0.341 e. The molecule has 0 bridgehead atoms. The molecule has 1 N–H and O–H groups in total. The first kappa shape index (κ1) is 13.4. The highest BCUT2D eigenvalue weighted by molar-refractivity contribution is 5.87. The van der Waals surface area contributed by atoms with Gasteiger partial charge in [0.05, 0.1) is 5.69 Å². The van der Waals surface area contributed by atoms with Gasteiger partial charge in [0, 0.05) is 6.54 Å². The minimum absolute atomic E-state index is 0.0987. The molecule has 1 aromatic heterocycles. The molecule has 0 aliphatic rings. The predicted molar refractivity (Wildman–Crippen MR) is 64.5 cm³/mol. The highest BCUT2D eigenvalue weighted by Gasteiger charge is 2.15. The van der Waals surface area contributed by atoms with Gasteiger partial charge >= 0.3 is 5.97 Å². The number of hydrogen-bond acceptors (Lipinski definition) is 3. The topological polar surface area (TPSA) is 72.2 Å². The van der Waals surface area contributed by atoms with E-state index in [1.54, 1.807) is 0 Å². The Hall–Kier alpha value is -1.65. The maximum atomic E-state index is 11.8. The van der Waals surface area contributed by atoms with Crippen LogP contribution in [0.3, 0.4) is 0 Å². The molecule has 5 nitrogen and oxygen atoms in total. The number of carboxylic acid groups (broad SMARTS) is 1. The number of rotatable bonds is 5. The fourth-order valence-electron chi connectivity index (χ4n) is 1.46. The SMILES string of the molecule is CCCCn1nc(C(C)C)cc(C(=O)O)c1=O. The summed E-state index contributed by atoms with van der Waals surface area (Å²) < 4.78 is 1.27. The van der Waals surface area contributed by atoms with Crippen molar-refractivity contribution in [2.75, 3.05) is 0 Å². The van der Waals surface area contributed by atoms with Crippen molar-refractivity contribution in [3.8, 4) is 0 Å². The van der Waals surface area contributed by atoms with Crippen LogP contribution in [0.1, 0.15) is 55.6 Å². The number of aromatic nitrogens is 2. The van der Waals surface area contributed by atoms with Crippen molar-refractivity contribution in [1.29, 1.82) is 0 Å². The third kappa shape index (κ3) is 3.15. The second-order valence-corrected chi connectivity index (χ2v) is 4.32. The van der Waals surface area contributed by atoms with Gasteiger partial charge in [-0.1, -0.05) is 27.2 Å². The lowest BCUT2D eigenvalue weighted by Gasteiger charge is -2.10. The van der Waals surface area contributed by atoms with E-state index in [2.05, 4.69) is 5.10 Å². The summed E-state index contributed by atoms with van der Waals surface area (Å²) in [5.74, 6) is -1.09. The number of nitrogens with zero attached hydrogens (tertiary/aromatic N) is 2. The Balaban J connectivity index is 3.28. The van der Waals surface area contributed by atoms with Gasteiger partial charge in [0.1, 0.15) is 5.56 Å². The van der Waals surface area contributed by atoms with Crippen molar-refractivity contribution in [3.05, 3.63) is 27.7 Å². The molecular weight excluding hydrogens is 220 g/mol. The Morgan fingerprint density at radius 1 is 1.53 bits per heavy atom. The van der Waals surface area contributed by atoms with Crippen LogP contribution in [0.15, 0.2) is 10.9 Å². The number of carbonyl (C=O) groups is 1. The Kier molecular flexibility index (Phi) is 4.43. The lowest BCUT2D eigenvalue weighted by molar-refractivity contribution is 0.0693. The van der Waals surface area contributed by atoms with E-state index in [0.717, 1.165) is 12.8 Å². The molecule has 94 valence electrons. The number of aryl methyl sites for hydroxylation is 1. The molecule has 0 saturated heterocycles. The third-order valence-corrected chi connectivity index (χ3v) is 2.54. The molecule has 0 unspecified atom stereocenters. The van der Waals surface area contributed by atoms with Gasteiger partial charge in [-0.25, -0.2) is 9.48 Å². The zero-order valence-electron chi connectivity index (χ0n) is 10.4.